The Morgan fingerprint density at radius 3 is 2.56 bits per heavy atom. The lowest BCUT2D eigenvalue weighted by Gasteiger charge is -2.43. The molecule has 1 heterocycles. The van der Waals surface area contributed by atoms with E-state index in [0.29, 0.717) is 24.9 Å². The first-order valence-electron chi connectivity index (χ1n) is 8.97. The zero-order valence-corrected chi connectivity index (χ0v) is 17.1. The van der Waals surface area contributed by atoms with E-state index < -0.39 is 11.7 Å². The molecule has 2 aromatic rings. The van der Waals surface area contributed by atoms with E-state index in [0.717, 1.165) is 15.6 Å². The standard InChI is InChI=1S/C22H23BrFNO2/c1-15(2)14-22(19-6-4-5-7-20(19)24)12-13-25(21(26)27-22)16(3)17-8-10-18(23)11-9-17/h4-11,16H,1,12-14H2,2-3H3/t16?,22-/m1/s1. The second-order valence-corrected chi connectivity index (χ2v) is 8.06. The highest BCUT2D eigenvalue weighted by Crippen LogP contribution is 2.42. The molecule has 0 saturated carbocycles. The number of carbonyl (C=O) groups excluding carboxylic acids is 1. The lowest BCUT2D eigenvalue weighted by molar-refractivity contribution is -0.0620. The van der Waals surface area contributed by atoms with E-state index in [1.807, 2.05) is 38.1 Å². The van der Waals surface area contributed by atoms with Crippen LogP contribution >= 0.6 is 15.9 Å². The molecule has 1 fully saturated rings. The van der Waals surface area contributed by atoms with Crippen LogP contribution < -0.4 is 0 Å². The molecule has 3 nitrogen and oxygen atoms in total. The molecule has 0 aliphatic carbocycles. The van der Waals surface area contributed by atoms with E-state index in [4.69, 9.17) is 4.74 Å². The van der Waals surface area contributed by atoms with Crippen LogP contribution in [0.5, 0.6) is 0 Å². The maximum absolute atomic E-state index is 14.5. The number of rotatable bonds is 5. The monoisotopic (exact) mass is 431 g/mol. The van der Waals surface area contributed by atoms with Gasteiger partial charge in [0.1, 0.15) is 11.4 Å². The molecular weight excluding hydrogens is 409 g/mol. The summed E-state index contributed by atoms with van der Waals surface area (Å²) in [5.74, 6) is -0.360. The van der Waals surface area contributed by atoms with Gasteiger partial charge in [0, 0.05) is 29.4 Å². The normalized spacial score (nSPS) is 20.9. The first kappa shape index (κ1) is 19.6. The number of cyclic esters (lactones) is 1. The van der Waals surface area contributed by atoms with Gasteiger partial charge in [0.25, 0.3) is 0 Å². The van der Waals surface area contributed by atoms with Crippen LogP contribution in [-0.4, -0.2) is 17.5 Å². The topological polar surface area (TPSA) is 29.5 Å². The van der Waals surface area contributed by atoms with E-state index in [2.05, 4.69) is 22.5 Å². The molecule has 5 heteroatoms. The van der Waals surface area contributed by atoms with Gasteiger partial charge in [-0.05, 0) is 37.6 Å². The van der Waals surface area contributed by atoms with Gasteiger partial charge in [0.2, 0.25) is 0 Å². The summed E-state index contributed by atoms with van der Waals surface area (Å²) in [7, 11) is 0. The molecule has 1 aliphatic rings. The van der Waals surface area contributed by atoms with Crippen LogP contribution in [-0.2, 0) is 10.3 Å². The summed E-state index contributed by atoms with van der Waals surface area (Å²) in [6, 6.07) is 14.2. The summed E-state index contributed by atoms with van der Waals surface area (Å²) in [4.78, 5) is 14.6. The highest BCUT2D eigenvalue weighted by Gasteiger charge is 2.44. The maximum Gasteiger partial charge on any atom is 0.411 e. The van der Waals surface area contributed by atoms with Crippen LogP contribution in [0.15, 0.2) is 65.2 Å². The predicted octanol–water partition coefficient (Wildman–Crippen LogP) is 6.35. The Morgan fingerprint density at radius 1 is 1.30 bits per heavy atom. The first-order chi connectivity index (χ1) is 12.8. The van der Waals surface area contributed by atoms with Crippen molar-refractivity contribution in [3.05, 3.63) is 82.1 Å². The molecular formula is C22H23BrFNO2. The van der Waals surface area contributed by atoms with E-state index in [-0.39, 0.29) is 11.9 Å². The highest BCUT2D eigenvalue weighted by atomic mass is 79.9. The average Bonchev–Trinajstić information content (AvgIpc) is 2.61. The number of ether oxygens (including phenoxy) is 1. The minimum absolute atomic E-state index is 0.131. The smallest absolute Gasteiger partial charge is 0.411 e. The first-order valence-corrected chi connectivity index (χ1v) is 9.76. The molecule has 0 bridgehead atoms. The van der Waals surface area contributed by atoms with Gasteiger partial charge in [0.05, 0.1) is 6.04 Å². The van der Waals surface area contributed by atoms with Gasteiger partial charge in [0.15, 0.2) is 0 Å². The third kappa shape index (κ3) is 4.08. The molecule has 2 atom stereocenters. The fourth-order valence-corrected chi connectivity index (χ4v) is 3.93. The third-order valence-corrected chi connectivity index (χ3v) is 5.57. The third-order valence-electron chi connectivity index (χ3n) is 5.05. The Morgan fingerprint density at radius 2 is 1.96 bits per heavy atom. The number of nitrogens with zero attached hydrogens (tertiary/aromatic N) is 1. The van der Waals surface area contributed by atoms with Crippen molar-refractivity contribution in [2.75, 3.05) is 6.54 Å². The molecule has 0 N–H and O–H groups in total. The average molecular weight is 432 g/mol. The molecule has 0 spiro atoms. The van der Waals surface area contributed by atoms with Crippen molar-refractivity contribution >= 4 is 22.0 Å². The summed E-state index contributed by atoms with van der Waals surface area (Å²) in [5.41, 5.74) is 1.27. The van der Waals surface area contributed by atoms with E-state index in [1.165, 1.54) is 6.07 Å². The Hall–Kier alpha value is -2.14. The maximum atomic E-state index is 14.5. The summed E-state index contributed by atoms with van der Waals surface area (Å²) in [5, 5.41) is 0. The van der Waals surface area contributed by atoms with Crippen molar-refractivity contribution in [2.45, 2.75) is 38.3 Å². The number of benzene rings is 2. The molecule has 1 aliphatic heterocycles. The lowest BCUT2D eigenvalue weighted by Crippen LogP contribution is -2.49. The fraction of sp³-hybridized carbons (Fsp3) is 0.318. The van der Waals surface area contributed by atoms with Crippen LogP contribution in [0.3, 0.4) is 0 Å². The summed E-state index contributed by atoms with van der Waals surface area (Å²) < 4.78 is 21.4. The van der Waals surface area contributed by atoms with E-state index >= 15 is 0 Å². The fourth-order valence-electron chi connectivity index (χ4n) is 3.67. The lowest BCUT2D eigenvalue weighted by atomic mass is 9.83. The quantitative estimate of drug-likeness (QED) is 0.515. The van der Waals surface area contributed by atoms with E-state index in [9.17, 15) is 9.18 Å². The molecule has 27 heavy (non-hydrogen) atoms. The zero-order valence-electron chi connectivity index (χ0n) is 15.5. The van der Waals surface area contributed by atoms with E-state index in [1.54, 1.807) is 23.1 Å². The van der Waals surface area contributed by atoms with Crippen LogP contribution in [0.1, 0.15) is 43.9 Å². The van der Waals surface area contributed by atoms with Crippen molar-refractivity contribution in [1.82, 2.24) is 4.90 Å². The number of hydrogen-bond acceptors (Lipinski definition) is 2. The SMILES string of the molecule is C=C(C)C[C@@]1(c2ccccc2F)CCN(C(C)c2ccc(Br)cc2)C(=O)O1. The Bertz CT molecular complexity index is 852. The number of carbonyl (C=O) groups is 1. The second kappa shape index (κ2) is 7.85. The van der Waals surface area contributed by atoms with Crippen LogP contribution in [0.4, 0.5) is 9.18 Å². The largest absolute Gasteiger partial charge is 0.437 e. The van der Waals surface area contributed by atoms with Crippen molar-refractivity contribution in [1.29, 1.82) is 0 Å². The van der Waals surface area contributed by atoms with Gasteiger partial charge >= 0.3 is 6.09 Å². The predicted molar refractivity (Wildman–Crippen MR) is 108 cm³/mol. The number of amides is 1. The second-order valence-electron chi connectivity index (χ2n) is 7.15. The number of halogens is 2. The molecule has 0 aromatic heterocycles. The Balaban J connectivity index is 1.88. The molecule has 1 amide bonds. The Labute approximate surface area is 168 Å². The van der Waals surface area contributed by atoms with Crippen LogP contribution in [0, 0.1) is 5.82 Å². The molecule has 3 rings (SSSR count). The molecule has 142 valence electrons. The van der Waals surface area contributed by atoms with Gasteiger partial charge in [-0.1, -0.05) is 58.4 Å². The van der Waals surface area contributed by atoms with Gasteiger partial charge in [-0.15, -0.1) is 0 Å². The summed E-state index contributed by atoms with van der Waals surface area (Å²) in [6.45, 7) is 8.28. The van der Waals surface area contributed by atoms with Crippen molar-refractivity contribution in [3.8, 4) is 0 Å². The molecule has 1 unspecified atom stereocenters. The molecule has 0 radical (unpaired) electrons. The van der Waals surface area contributed by atoms with Crippen molar-refractivity contribution < 1.29 is 13.9 Å². The Kier molecular flexibility index (Phi) is 5.70. The van der Waals surface area contributed by atoms with Gasteiger partial charge < -0.3 is 9.64 Å². The summed E-state index contributed by atoms with van der Waals surface area (Å²) in [6.07, 6.45) is 0.481. The molecule has 2 aromatic carbocycles. The zero-order chi connectivity index (χ0) is 19.6. The van der Waals surface area contributed by atoms with Gasteiger partial charge in [-0.2, -0.15) is 0 Å². The van der Waals surface area contributed by atoms with Crippen LogP contribution in [0.25, 0.3) is 0 Å². The van der Waals surface area contributed by atoms with Gasteiger partial charge in [-0.3, -0.25) is 0 Å². The van der Waals surface area contributed by atoms with Crippen molar-refractivity contribution in [2.24, 2.45) is 0 Å². The van der Waals surface area contributed by atoms with Gasteiger partial charge in [-0.25, -0.2) is 9.18 Å². The minimum Gasteiger partial charge on any atom is -0.437 e. The number of hydrogen-bond donors (Lipinski definition) is 0. The highest BCUT2D eigenvalue weighted by molar-refractivity contribution is 9.10. The molecule has 1 saturated heterocycles. The minimum atomic E-state index is -1.01. The van der Waals surface area contributed by atoms with Crippen molar-refractivity contribution in [3.63, 3.8) is 0 Å². The summed E-state index contributed by atoms with van der Waals surface area (Å²) >= 11 is 3.42. The van der Waals surface area contributed by atoms with Crippen LogP contribution in [0.2, 0.25) is 0 Å².